The van der Waals surface area contributed by atoms with Crippen molar-refractivity contribution in [2.75, 3.05) is 7.11 Å². The summed E-state index contributed by atoms with van der Waals surface area (Å²) in [5.74, 6) is 0.842. The molecule has 1 aliphatic carbocycles. The first kappa shape index (κ1) is 18.6. The highest BCUT2D eigenvalue weighted by Crippen LogP contribution is 2.29. The smallest absolute Gasteiger partial charge is 0.261 e. The summed E-state index contributed by atoms with van der Waals surface area (Å²) < 4.78 is 7.07. The highest BCUT2D eigenvalue weighted by atomic mass is 16.5. The van der Waals surface area contributed by atoms with Crippen molar-refractivity contribution in [2.45, 2.75) is 31.7 Å². The molecule has 1 unspecified atom stereocenters. The number of hydrogen-bond donors (Lipinski definition) is 0. The lowest BCUT2D eigenvalue weighted by Crippen LogP contribution is -2.25. The quantitative estimate of drug-likeness (QED) is 0.341. The van der Waals surface area contributed by atoms with Gasteiger partial charge in [-0.15, -0.1) is 0 Å². The van der Waals surface area contributed by atoms with Crippen molar-refractivity contribution in [1.82, 2.24) is 9.55 Å². The zero-order valence-electron chi connectivity index (χ0n) is 17.0. The largest absolute Gasteiger partial charge is 0.497 e. The Kier molecular flexibility index (Phi) is 4.83. The predicted octanol–water partition coefficient (Wildman–Crippen LogP) is 5.43. The normalized spacial score (nSPS) is 16.2. The lowest BCUT2D eigenvalue weighted by Gasteiger charge is -2.19. The van der Waals surface area contributed by atoms with Gasteiger partial charge in [-0.1, -0.05) is 48.6 Å². The molecule has 3 aromatic carbocycles. The van der Waals surface area contributed by atoms with Crippen molar-refractivity contribution in [1.29, 1.82) is 0 Å². The van der Waals surface area contributed by atoms with E-state index in [2.05, 4.69) is 36.4 Å². The number of nitrogens with zero attached hydrogens (tertiary/aromatic N) is 2. The summed E-state index contributed by atoms with van der Waals surface area (Å²) in [6, 6.07) is 18.5. The van der Waals surface area contributed by atoms with Gasteiger partial charge in [-0.05, 0) is 60.4 Å². The molecule has 0 fully saturated rings. The van der Waals surface area contributed by atoms with Crippen LogP contribution in [0.3, 0.4) is 0 Å². The number of benzene rings is 3. The summed E-state index contributed by atoms with van der Waals surface area (Å²) in [7, 11) is 1.67. The second-order valence-electron chi connectivity index (χ2n) is 7.89. The molecule has 30 heavy (non-hydrogen) atoms. The van der Waals surface area contributed by atoms with E-state index in [4.69, 9.17) is 9.72 Å². The van der Waals surface area contributed by atoms with Crippen LogP contribution >= 0.6 is 0 Å². The number of ether oxygens (including phenoxy) is 1. The number of fused-ring (bicyclic) bond motifs is 3. The molecule has 4 aromatic rings. The molecular weight excluding hydrogens is 372 g/mol. The molecule has 0 aliphatic heterocycles. The Morgan fingerprint density at radius 1 is 1.07 bits per heavy atom. The van der Waals surface area contributed by atoms with Crippen molar-refractivity contribution < 1.29 is 4.74 Å². The number of hydrogen-bond acceptors (Lipinski definition) is 3. The monoisotopic (exact) mass is 396 g/mol. The summed E-state index contributed by atoms with van der Waals surface area (Å²) in [5.41, 5.74) is 3.14. The molecule has 0 saturated heterocycles. The predicted molar refractivity (Wildman–Crippen MR) is 121 cm³/mol. The minimum absolute atomic E-state index is 0.0401. The van der Waals surface area contributed by atoms with Crippen molar-refractivity contribution >= 4 is 21.7 Å². The van der Waals surface area contributed by atoms with E-state index in [9.17, 15) is 4.79 Å². The van der Waals surface area contributed by atoms with Crippen LogP contribution in [0.4, 0.5) is 0 Å². The minimum atomic E-state index is 0.0401. The summed E-state index contributed by atoms with van der Waals surface area (Å²) in [5, 5.41) is 2.86. The van der Waals surface area contributed by atoms with E-state index in [0.29, 0.717) is 5.39 Å². The Hall–Kier alpha value is -3.40. The second kappa shape index (κ2) is 7.79. The van der Waals surface area contributed by atoms with Gasteiger partial charge in [0, 0.05) is 5.39 Å². The van der Waals surface area contributed by atoms with Gasteiger partial charge in [0.25, 0.3) is 5.56 Å². The fraction of sp³-hybridized carbons (Fsp3) is 0.231. The third-order valence-electron chi connectivity index (χ3n) is 6.02. The highest BCUT2D eigenvalue weighted by Gasteiger charge is 2.16. The first-order valence-electron chi connectivity index (χ1n) is 10.5. The van der Waals surface area contributed by atoms with E-state index in [-0.39, 0.29) is 11.6 Å². The highest BCUT2D eigenvalue weighted by molar-refractivity contribution is 6.06. The first-order chi connectivity index (χ1) is 14.7. The maximum atomic E-state index is 13.4. The SMILES string of the molecule is COc1ccc(Cc2cc3c(=O)n(C4C=CCCC4)cnc3c3ccccc23)cc1. The van der Waals surface area contributed by atoms with Crippen LogP contribution in [0, 0.1) is 0 Å². The fourth-order valence-electron chi connectivity index (χ4n) is 4.42. The minimum Gasteiger partial charge on any atom is -0.497 e. The van der Waals surface area contributed by atoms with Crippen molar-refractivity contribution in [3.05, 3.63) is 94.6 Å². The molecule has 1 heterocycles. The van der Waals surface area contributed by atoms with Crippen LogP contribution in [0.1, 0.15) is 36.4 Å². The van der Waals surface area contributed by atoms with Gasteiger partial charge in [0.15, 0.2) is 0 Å². The molecule has 0 radical (unpaired) electrons. The number of allylic oxidation sites excluding steroid dienone is 2. The second-order valence-corrected chi connectivity index (χ2v) is 7.89. The molecule has 1 atom stereocenters. The van der Waals surface area contributed by atoms with Crippen LogP contribution in [-0.2, 0) is 6.42 Å². The Bertz CT molecular complexity index is 1300. The standard InChI is InChI=1S/C26H24N2O2/c1-30-21-13-11-18(12-14-21)15-19-16-24-25(23-10-6-5-9-22(19)23)27-17-28(26(24)29)20-7-3-2-4-8-20/h3,5-7,9-14,16-17,20H,2,4,8,15H2,1H3. The van der Waals surface area contributed by atoms with Crippen LogP contribution < -0.4 is 10.3 Å². The zero-order chi connectivity index (χ0) is 20.5. The van der Waals surface area contributed by atoms with E-state index < -0.39 is 0 Å². The third kappa shape index (κ3) is 3.28. The van der Waals surface area contributed by atoms with Crippen LogP contribution in [-0.4, -0.2) is 16.7 Å². The fourth-order valence-corrected chi connectivity index (χ4v) is 4.42. The first-order valence-corrected chi connectivity index (χ1v) is 10.5. The van der Waals surface area contributed by atoms with E-state index in [1.807, 2.05) is 30.3 Å². The van der Waals surface area contributed by atoms with E-state index >= 15 is 0 Å². The van der Waals surface area contributed by atoms with Gasteiger partial charge < -0.3 is 4.74 Å². The van der Waals surface area contributed by atoms with Crippen LogP contribution in [0.15, 0.2) is 77.9 Å². The maximum Gasteiger partial charge on any atom is 0.261 e. The summed E-state index contributed by atoms with van der Waals surface area (Å²) >= 11 is 0. The molecule has 4 nitrogen and oxygen atoms in total. The van der Waals surface area contributed by atoms with E-state index in [1.165, 1.54) is 5.56 Å². The Morgan fingerprint density at radius 2 is 1.87 bits per heavy atom. The molecule has 4 heteroatoms. The van der Waals surface area contributed by atoms with Crippen molar-refractivity contribution in [3.63, 3.8) is 0 Å². The molecule has 0 saturated carbocycles. The molecule has 150 valence electrons. The number of rotatable bonds is 4. The Balaban J connectivity index is 1.68. The topological polar surface area (TPSA) is 44.1 Å². The Labute approximate surface area is 175 Å². The van der Waals surface area contributed by atoms with Gasteiger partial charge in [0.05, 0.1) is 30.4 Å². The van der Waals surface area contributed by atoms with E-state index in [0.717, 1.165) is 53.3 Å². The molecule has 5 rings (SSSR count). The molecular formula is C26H24N2O2. The van der Waals surface area contributed by atoms with Crippen molar-refractivity contribution in [3.8, 4) is 5.75 Å². The Morgan fingerprint density at radius 3 is 2.60 bits per heavy atom. The third-order valence-corrected chi connectivity index (χ3v) is 6.02. The molecule has 1 aliphatic rings. The average molecular weight is 396 g/mol. The summed E-state index contributed by atoms with van der Waals surface area (Å²) in [4.78, 5) is 18.2. The van der Waals surface area contributed by atoms with Crippen LogP contribution in [0.25, 0.3) is 21.7 Å². The van der Waals surface area contributed by atoms with Crippen molar-refractivity contribution in [2.24, 2.45) is 0 Å². The zero-order valence-corrected chi connectivity index (χ0v) is 17.0. The molecule has 0 bridgehead atoms. The molecule has 0 amide bonds. The molecule has 0 N–H and O–H groups in total. The van der Waals surface area contributed by atoms with Gasteiger partial charge in [-0.25, -0.2) is 4.98 Å². The number of methoxy groups -OCH3 is 1. The van der Waals surface area contributed by atoms with Gasteiger partial charge in [0.1, 0.15) is 5.75 Å². The summed E-state index contributed by atoms with van der Waals surface area (Å²) in [6.45, 7) is 0. The van der Waals surface area contributed by atoms with Gasteiger partial charge >= 0.3 is 0 Å². The van der Waals surface area contributed by atoms with Gasteiger partial charge in [-0.3, -0.25) is 9.36 Å². The number of aromatic nitrogens is 2. The van der Waals surface area contributed by atoms with E-state index in [1.54, 1.807) is 18.0 Å². The lowest BCUT2D eigenvalue weighted by atomic mass is 9.95. The lowest BCUT2D eigenvalue weighted by molar-refractivity contribution is 0.414. The maximum absolute atomic E-state index is 13.4. The summed E-state index contributed by atoms with van der Waals surface area (Å²) in [6.07, 6.45) is 9.95. The van der Waals surface area contributed by atoms with Crippen LogP contribution in [0.2, 0.25) is 0 Å². The molecule has 1 aromatic heterocycles. The molecule has 0 spiro atoms. The average Bonchev–Trinajstić information content (AvgIpc) is 2.81. The van der Waals surface area contributed by atoms with Gasteiger partial charge in [-0.2, -0.15) is 0 Å². The van der Waals surface area contributed by atoms with Crippen LogP contribution in [0.5, 0.6) is 5.75 Å². The van der Waals surface area contributed by atoms with Gasteiger partial charge in [0.2, 0.25) is 0 Å².